The molecule has 3 unspecified atom stereocenters. The number of anilines is 1. The van der Waals surface area contributed by atoms with Gasteiger partial charge in [0.25, 0.3) is 0 Å². The van der Waals surface area contributed by atoms with Gasteiger partial charge in [0, 0.05) is 37.2 Å². The number of aromatic nitrogens is 1. The third-order valence-corrected chi connectivity index (χ3v) is 5.14. The van der Waals surface area contributed by atoms with Crippen molar-refractivity contribution >= 4 is 11.6 Å². The zero-order chi connectivity index (χ0) is 20.4. The molecule has 1 amide bonds. The molecule has 1 aliphatic heterocycles. The van der Waals surface area contributed by atoms with Gasteiger partial charge in [0.05, 0.1) is 6.04 Å². The molecule has 0 aliphatic carbocycles. The summed E-state index contributed by atoms with van der Waals surface area (Å²) in [6, 6.07) is 17.4. The third kappa shape index (κ3) is 4.06. The number of carbonyl (C=O) groups is 1. The topological polar surface area (TPSA) is 78.6 Å². The van der Waals surface area contributed by atoms with Crippen LogP contribution in [0.25, 0.3) is 0 Å². The second-order valence-corrected chi connectivity index (χ2v) is 7.16. The van der Waals surface area contributed by atoms with Crippen molar-refractivity contribution in [3.63, 3.8) is 0 Å². The van der Waals surface area contributed by atoms with Crippen molar-refractivity contribution in [2.45, 2.75) is 31.3 Å². The number of aliphatic hydroxyl groups excluding tert-OH is 1. The Balaban J connectivity index is 1.47. The molecule has 4 rings (SSSR count). The van der Waals surface area contributed by atoms with E-state index in [0.717, 1.165) is 5.56 Å². The van der Waals surface area contributed by atoms with Crippen LogP contribution in [0.15, 0.2) is 65.2 Å². The first-order valence-electron chi connectivity index (χ1n) is 9.47. The predicted molar refractivity (Wildman–Crippen MR) is 106 cm³/mol. The zero-order valence-corrected chi connectivity index (χ0v) is 16.0. The Bertz CT molecular complexity index is 992. The van der Waals surface area contributed by atoms with E-state index in [1.165, 1.54) is 4.90 Å². The Morgan fingerprint density at radius 2 is 1.97 bits per heavy atom. The molecule has 3 aromatic rings. The summed E-state index contributed by atoms with van der Waals surface area (Å²) in [5.74, 6) is 0.275. The van der Waals surface area contributed by atoms with Gasteiger partial charge in [-0.05, 0) is 11.6 Å². The number of likely N-dealkylation sites (N-methyl/N-ethyl adjacent to an activating group) is 1. The van der Waals surface area contributed by atoms with Crippen molar-refractivity contribution < 1.29 is 18.8 Å². The molecule has 3 atom stereocenters. The number of hydrogen-bond donors (Lipinski definition) is 2. The Morgan fingerprint density at radius 1 is 1.24 bits per heavy atom. The molecular weight excluding hydrogens is 373 g/mol. The van der Waals surface area contributed by atoms with Gasteiger partial charge in [0.1, 0.15) is 17.6 Å². The molecule has 0 radical (unpaired) electrons. The van der Waals surface area contributed by atoms with Crippen molar-refractivity contribution in [2.75, 3.05) is 11.9 Å². The first-order valence-corrected chi connectivity index (χ1v) is 9.47. The lowest BCUT2D eigenvalue weighted by Gasteiger charge is -2.23. The largest absolute Gasteiger partial charge is 0.372 e. The number of amides is 1. The van der Waals surface area contributed by atoms with E-state index in [2.05, 4.69) is 10.5 Å². The second-order valence-electron chi connectivity index (χ2n) is 7.16. The fourth-order valence-corrected chi connectivity index (χ4v) is 3.60. The number of benzene rings is 2. The Morgan fingerprint density at radius 3 is 2.76 bits per heavy atom. The first-order chi connectivity index (χ1) is 14.0. The van der Waals surface area contributed by atoms with Crippen molar-refractivity contribution in [3.05, 3.63) is 83.2 Å². The quantitative estimate of drug-likeness (QED) is 0.648. The highest BCUT2D eigenvalue weighted by Crippen LogP contribution is 2.35. The lowest BCUT2D eigenvalue weighted by Crippen LogP contribution is -2.45. The maximum Gasteiger partial charge on any atom is 0.244 e. The minimum atomic E-state index is -1.32. The monoisotopic (exact) mass is 395 g/mol. The standard InChI is InChI=1S/C22H22FN3O3/c1-26-20-10-6-5-9-16(20)17(23)13-19(22(26)28)24-21(27)18-12-15(29-25-18)11-14-7-3-2-4-8-14/h2-10,12,17,19,21,24,27H,11,13H2,1H3. The molecule has 1 aliphatic rings. The van der Waals surface area contributed by atoms with Gasteiger partial charge in [-0.1, -0.05) is 53.7 Å². The number of halogens is 1. The molecule has 6 nitrogen and oxygen atoms in total. The summed E-state index contributed by atoms with van der Waals surface area (Å²) >= 11 is 0. The fraction of sp³-hybridized carbons (Fsp3) is 0.273. The van der Waals surface area contributed by atoms with Crippen molar-refractivity contribution in [1.82, 2.24) is 10.5 Å². The van der Waals surface area contributed by atoms with Gasteiger partial charge in [-0.2, -0.15) is 0 Å². The van der Waals surface area contributed by atoms with Crippen LogP contribution in [0.1, 0.15) is 41.4 Å². The summed E-state index contributed by atoms with van der Waals surface area (Å²) in [7, 11) is 1.61. The number of para-hydroxylation sites is 1. The molecule has 0 fully saturated rings. The summed E-state index contributed by atoms with van der Waals surface area (Å²) in [4.78, 5) is 14.2. The molecule has 2 heterocycles. The molecular formula is C22H22FN3O3. The number of aliphatic hydroxyl groups is 1. The molecule has 7 heteroatoms. The van der Waals surface area contributed by atoms with Crippen molar-refractivity contribution in [3.8, 4) is 0 Å². The molecule has 0 saturated heterocycles. The van der Waals surface area contributed by atoms with Crippen LogP contribution in [0.2, 0.25) is 0 Å². The highest BCUT2D eigenvalue weighted by atomic mass is 19.1. The molecule has 1 aromatic heterocycles. The van der Waals surface area contributed by atoms with Crippen LogP contribution in [0.3, 0.4) is 0 Å². The molecule has 2 aromatic carbocycles. The highest BCUT2D eigenvalue weighted by molar-refractivity contribution is 5.98. The Kier molecular flexibility index (Phi) is 5.42. The lowest BCUT2D eigenvalue weighted by molar-refractivity contribution is -0.121. The summed E-state index contributed by atoms with van der Waals surface area (Å²) in [6.07, 6.45) is -2.12. The molecule has 0 bridgehead atoms. The maximum absolute atomic E-state index is 14.8. The van der Waals surface area contributed by atoms with Crippen LogP contribution in [0.5, 0.6) is 0 Å². The van der Waals surface area contributed by atoms with Gasteiger partial charge in [-0.15, -0.1) is 0 Å². The van der Waals surface area contributed by atoms with E-state index in [1.807, 2.05) is 30.3 Å². The van der Waals surface area contributed by atoms with E-state index in [9.17, 15) is 14.3 Å². The third-order valence-electron chi connectivity index (χ3n) is 5.14. The molecule has 29 heavy (non-hydrogen) atoms. The minimum absolute atomic E-state index is 0.0774. The van der Waals surface area contributed by atoms with Crippen LogP contribution in [0, 0.1) is 0 Å². The number of nitrogens with one attached hydrogen (secondary N) is 1. The fourth-order valence-electron chi connectivity index (χ4n) is 3.60. The summed E-state index contributed by atoms with van der Waals surface area (Å²) in [6.45, 7) is 0. The molecule has 2 N–H and O–H groups in total. The van der Waals surface area contributed by atoms with Crippen LogP contribution < -0.4 is 10.2 Å². The van der Waals surface area contributed by atoms with Gasteiger partial charge >= 0.3 is 0 Å². The number of nitrogens with zero attached hydrogens (tertiary/aromatic N) is 2. The van der Waals surface area contributed by atoms with Crippen LogP contribution >= 0.6 is 0 Å². The zero-order valence-electron chi connectivity index (χ0n) is 16.0. The maximum atomic E-state index is 14.8. The van der Waals surface area contributed by atoms with Gasteiger partial charge in [0.2, 0.25) is 5.91 Å². The summed E-state index contributed by atoms with van der Waals surface area (Å²) in [5.41, 5.74) is 2.31. The van der Waals surface area contributed by atoms with Crippen LogP contribution in [-0.2, 0) is 11.2 Å². The van der Waals surface area contributed by atoms with Crippen LogP contribution in [-0.4, -0.2) is 29.3 Å². The Labute approximate surface area is 167 Å². The van der Waals surface area contributed by atoms with E-state index < -0.39 is 18.4 Å². The lowest BCUT2D eigenvalue weighted by atomic mass is 10.0. The predicted octanol–water partition coefficient (Wildman–Crippen LogP) is 3.29. The summed E-state index contributed by atoms with van der Waals surface area (Å²) in [5, 5.41) is 17.2. The number of fused-ring (bicyclic) bond motifs is 1. The number of carbonyl (C=O) groups excluding carboxylic acids is 1. The van der Waals surface area contributed by atoms with E-state index in [4.69, 9.17) is 4.52 Å². The van der Waals surface area contributed by atoms with E-state index in [-0.39, 0.29) is 18.0 Å². The van der Waals surface area contributed by atoms with E-state index >= 15 is 0 Å². The molecule has 0 saturated carbocycles. The van der Waals surface area contributed by atoms with Crippen LogP contribution in [0.4, 0.5) is 10.1 Å². The highest BCUT2D eigenvalue weighted by Gasteiger charge is 2.34. The Hall–Kier alpha value is -3.03. The first kappa shape index (κ1) is 19.3. The average Bonchev–Trinajstić information content (AvgIpc) is 3.18. The average molecular weight is 395 g/mol. The number of hydrogen-bond acceptors (Lipinski definition) is 5. The normalized spacial score (nSPS) is 20.2. The van der Waals surface area contributed by atoms with E-state index in [0.29, 0.717) is 23.4 Å². The second kappa shape index (κ2) is 8.14. The minimum Gasteiger partial charge on any atom is -0.372 e. The van der Waals surface area contributed by atoms with E-state index in [1.54, 1.807) is 37.4 Å². The number of rotatable bonds is 5. The summed E-state index contributed by atoms with van der Waals surface area (Å²) < 4.78 is 20.1. The van der Waals surface area contributed by atoms with Crippen molar-refractivity contribution in [1.29, 1.82) is 0 Å². The van der Waals surface area contributed by atoms with Gasteiger partial charge < -0.3 is 14.5 Å². The smallest absolute Gasteiger partial charge is 0.244 e. The van der Waals surface area contributed by atoms with Gasteiger partial charge in [0.15, 0.2) is 6.23 Å². The number of alkyl halides is 1. The van der Waals surface area contributed by atoms with Gasteiger partial charge in [-0.25, -0.2) is 4.39 Å². The van der Waals surface area contributed by atoms with Gasteiger partial charge in [-0.3, -0.25) is 10.1 Å². The molecule has 150 valence electrons. The SMILES string of the molecule is CN1C(=O)C(NC(O)c2cc(Cc3ccccc3)on2)CC(F)c2ccccc21. The van der Waals surface area contributed by atoms with Crippen molar-refractivity contribution in [2.24, 2.45) is 0 Å². The molecule has 0 spiro atoms.